The molecule has 154 valence electrons. The van der Waals surface area contributed by atoms with Crippen LogP contribution in [0, 0.1) is 0 Å². The predicted octanol–water partition coefficient (Wildman–Crippen LogP) is 3.23. The summed E-state index contributed by atoms with van der Waals surface area (Å²) in [5, 5.41) is 7.76. The van der Waals surface area contributed by atoms with Crippen LogP contribution >= 0.6 is 11.6 Å². The number of nitrogens with one attached hydrogen (secondary N) is 1. The molecular formula is C22H22ClN5O2. The van der Waals surface area contributed by atoms with Crippen molar-refractivity contribution in [3.8, 4) is 5.69 Å². The lowest BCUT2D eigenvalue weighted by Crippen LogP contribution is -2.39. The number of aromatic nitrogens is 2. The van der Waals surface area contributed by atoms with Crippen LogP contribution < -0.4 is 11.1 Å². The van der Waals surface area contributed by atoms with Crippen LogP contribution in [0.1, 0.15) is 28.9 Å². The highest BCUT2D eigenvalue weighted by molar-refractivity contribution is 6.32. The smallest absolute Gasteiger partial charge is 0.276 e. The van der Waals surface area contributed by atoms with Crippen molar-refractivity contribution in [2.24, 2.45) is 5.73 Å². The van der Waals surface area contributed by atoms with Crippen molar-refractivity contribution in [3.63, 3.8) is 0 Å². The minimum Gasteiger partial charge on any atom is -0.368 e. The topological polar surface area (TPSA) is 93.3 Å². The van der Waals surface area contributed by atoms with Crippen molar-refractivity contribution in [2.45, 2.75) is 25.4 Å². The second-order valence-corrected chi connectivity index (χ2v) is 7.69. The van der Waals surface area contributed by atoms with Crippen LogP contribution in [0.25, 0.3) is 5.69 Å². The summed E-state index contributed by atoms with van der Waals surface area (Å²) in [5.74, 6) is -0.597. The molecule has 3 aromatic rings. The molecule has 0 bridgehead atoms. The molecule has 1 aliphatic heterocycles. The third kappa shape index (κ3) is 4.37. The lowest BCUT2D eigenvalue weighted by molar-refractivity contribution is -0.122. The molecular weight excluding hydrogens is 402 g/mol. The standard InChI is InChI=1S/C22H22ClN5O2/c23-17-7-1-2-8-19(17)28-12-10-18(26-28)22(30)25-16-6-3-5-15(13-16)14-27-11-4-9-20(27)21(24)29/h1-3,5-8,10,12-13,20H,4,9,11,14H2,(H2,24,29)(H,25,30). The van der Waals surface area contributed by atoms with E-state index in [4.69, 9.17) is 17.3 Å². The van der Waals surface area contributed by atoms with Gasteiger partial charge in [-0.3, -0.25) is 14.5 Å². The zero-order valence-electron chi connectivity index (χ0n) is 16.3. The number of para-hydroxylation sites is 1. The molecule has 0 aliphatic carbocycles. The number of amides is 2. The van der Waals surface area contributed by atoms with Gasteiger partial charge < -0.3 is 11.1 Å². The number of benzene rings is 2. The van der Waals surface area contributed by atoms with E-state index >= 15 is 0 Å². The van der Waals surface area contributed by atoms with E-state index in [0.29, 0.717) is 22.9 Å². The molecule has 2 aromatic carbocycles. The quantitative estimate of drug-likeness (QED) is 0.636. The third-order valence-electron chi connectivity index (χ3n) is 5.18. The molecule has 30 heavy (non-hydrogen) atoms. The van der Waals surface area contributed by atoms with Crippen molar-refractivity contribution in [2.75, 3.05) is 11.9 Å². The SMILES string of the molecule is NC(=O)C1CCCN1Cc1cccc(NC(=O)c2ccn(-c3ccccc3Cl)n2)c1. The van der Waals surface area contributed by atoms with Crippen molar-refractivity contribution in [1.29, 1.82) is 0 Å². The van der Waals surface area contributed by atoms with Crippen LogP contribution in [0.2, 0.25) is 5.02 Å². The maximum absolute atomic E-state index is 12.6. The van der Waals surface area contributed by atoms with Gasteiger partial charge in [0, 0.05) is 18.4 Å². The van der Waals surface area contributed by atoms with Gasteiger partial charge in [-0.05, 0) is 55.3 Å². The second-order valence-electron chi connectivity index (χ2n) is 7.28. The second kappa shape index (κ2) is 8.69. The van der Waals surface area contributed by atoms with Crippen LogP contribution in [0.5, 0.6) is 0 Å². The Morgan fingerprint density at radius 2 is 2.00 bits per heavy atom. The van der Waals surface area contributed by atoms with E-state index in [1.807, 2.05) is 42.5 Å². The van der Waals surface area contributed by atoms with Gasteiger partial charge in [-0.25, -0.2) is 4.68 Å². The maximum atomic E-state index is 12.6. The first-order valence-corrected chi connectivity index (χ1v) is 10.1. The molecule has 2 amide bonds. The fraction of sp³-hybridized carbons (Fsp3) is 0.227. The first-order valence-electron chi connectivity index (χ1n) is 9.75. The van der Waals surface area contributed by atoms with Crippen molar-refractivity contribution in [3.05, 3.63) is 77.1 Å². The van der Waals surface area contributed by atoms with Crippen molar-refractivity contribution >= 4 is 29.1 Å². The Bertz CT molecular complexity index is 1080. The van der Waals surface area contributed by atoms with Gasteiger partial charge in [0.25, 0.3) is 5.91 Å². The van der Waals surface area contributed by atoms with Gasteiger partial charge >= 0.3 is 0 Å². The summed E-state index contributed by atoms with van der Waals surface area (Å²) in [6.45, 7) is 1.45. The molecule has 1 aromatic heterocycles. The lowest BCUT2D eigenvalue weighted by atomic mass is 10.1. The Balaban J connectivity index is 1.45. The number of nitrogens with zero attached hydrogens (tertiary/aromatic N) is 3. The predicted molar refractivity (Wildman–Crippen MR) is 116 cm³/mol. The number of hydrogen-bond acceptors (Lipinski definition) is 4. The van der Waals surface area contributed by atoms with E-state index in [1.165, 1.54) is 0 Å². The van der Waals surface area contributed by atoms with Crippen LogP contribution in [-0.2, 0) is 11.3 Å². The largest absolute Gasteiger partial charge is 0.368 e. The van der Waals surface area contributed by atoms with Crippen LogP contribution in [0.15, 0.2) is 60.8 Å². The van der Waals surface area contributed by atoms with E-state index in [0.717, 1.165) is 24.9 Å². The molecule has 1 atom stereocenters. The van der Waals surface area contributed by atoms with Crippen LogP contribution in [0.4, 0.5) is 5.69 Å². The Morgan fingerprint density at radius 3 is 2.80 bits per heavy atom. The number of anilines is 1. The summed E-state index contributed by atoms with van der Waals surface area (Å²) < 4.78 is 1.57. The normalized spacial score (nSPS) is 16.5. The fourth-order valence-corrected chi connectivity index (χ4v) is 3.95. The van der Waals surface area contributed by atoms with E-state index in [1.54, 1.807) is 23.0 Å². The number of nitrogens with two attached hydrogens (primary N) is 1. The minimum atomic E-state index is -0.311. The third-order valence-corrected chi connectivity index (χ3v) is 5.50. The van der Waals surface area contributed by atoms with Crippen LogP contribution in [0.3, 0.4) is 0 Å². The molecule has 2 heterocycles. The Kier molecular flexibility index (Phi) is 5.83. The lowest BCUT2D eigenvalue weighted by Gasteiger charge is -2.22. The molecule has 1 unspecified atom stereocenters. The summed E-state index contributed by atoms with van der Waals surface area (Å²) in [6.07, 6.45) is 3.45. The van der Waals surface area contributed by atoms with E-state index in [-0.39, 0.29) is 23.6 Å². The first-order chi connectivity index (χ1) is 14.5. The molecule has 7 nitrogen and oxygen atoms in total. The Hall–Kier alpha value is -3.16. The number of carbonyl (C=O) groups excluding carboxylic acids is 2. The average molecular weight is 424 g/mol. The number of carbonyl (C=O) groups is 2. The maximum Gasteiger partial charge on any atom is 0.276 e. The van der Waals surface area contributed by atoms with Gasteiger partial charge in [-0.2, -0.15) is 5.10 Å². The molecule has 1 saturated heterocycles. The number of hydrogen-bond donors (Lipinski definition) is 2. The highest BCUT2D eigenvalue weighted by Gasteiger charge is 2.28. The van der Waals surface area contributed by atoms with Gasteiger partial charge in [0.15, 0.2) is 5.69 Å². The summed E-state index contributed by atoms with van der Waals surface area (Å²) in [6, 6.07) is 16.3. The molecule has 3 N–H and O–H groups in total. The number of likely N-dealkylation sites (tertiary alicyclic amines) is 1. The first kappa shape index (κ1) is 20.1. The fourth-order valence-electron chi connectivity index (χ4n) is 3.73. The van der Waals surface area contributed by atoms with Gasteiger partial charge in [0.05, 0.1) is 16.8 Å². The van der Waals surface area contributed by atoms with Gasteiger partial charge in [-0.15, -0.1) is 0 Å². The molecule has 8 heteroatoms. The number of rotatable bonds is 6. The summed E-state index contributed by atoms with van der Waals surface area (Å²) >= 11 is 6.20. The van der Waals surface area contributed by atoms with E-state index < -0.39 is 0 Å². The highest BCUT2D eigenvalue weighted by Crippen LogP contribution is 2.22. The van der Waals surface area contributed by atoms with Gasteiger partial charge in [0.2, 0.25) is 5.91 Å². The molecule has 1 fully saturated rings. The molecule has 4 rings (SSSR count). The molecule has 0 saturated carbocycles. The summed E-state index contributed by atoms with van der Waals surface area (Å²) in [5.41, 5.74) is 8.16. The van der Waals surface area contributed by atoms with Gasteiger partial charge in [0.1, 0.15) is 0 Å². The molecule has 1 aliphatic rings. The van der Waals surface area contributed by atoms with E-state index in [2.05, 4.69) is 15.3 Å². The minimum absolute atomic E-state index is 0.225. The molecule has 0 spiro atoms. The van der Waals surface area contributed by atoms with Gasteiger partial charge in [-0.1, -0.05) is 35.9 Å². The zero-order valence-corrected chi connectivity index (χ0v) is 17.0. The Morgan fingerprint density at radius 1 is 1.17 bits per heavy atom. The number of primary amides is 1. The van der Waals surface area contributed by atoms with Crippen LogP contribution in [-0.4, -0.2) is 39.1 Å². The number of halogens is 1. The van der Waals surface area contributed by atoms with E-state index in [9.17, 15) is 9.59 Å². The van der Waals surface area contributed by atoms with Crippen molar-refractivity contribution in [1.82, 2.24) is 14.7 Å². The zero-order chi connectivity index (χ0) is 21.1. The van der Waals surface area contributed by atoms with Crippen molar-refractivity contribution < 1.29 is 9.59 Å². The monoisotopic (exact) mass is 423 g/mol. The highest BCUT2D eigenvalue weighted by atomic mass is 35.5. The average Bonchev–Trinajstić information content (AvgIpc) is 3.38. The summed E-state index contributed by atoms with van der Waals surface area (Å²) in [7, 11) is 0. The molecule has 0 radical (unpaired) electrons. The Labute approximate surface area is 179 Å². The summed E-state index contributed by atoms with van der Waals surface area (Å²) in [4.78, 5) is 26.3.